The molecule has 1 aromatic rings. The van der Waals surface area contributed by atoms with Gasteiger partial charge in [-0.2, -0.15) is 5.10 Å². The minimum absolute atomic E-state index is 0.125. The largest absolute Gasteiger partial charge is 0.481 e. The van der Waals surface area contributed by atoms with Gasteiger partial charge in [0.05, 0.1) is 23.5 Å². The smallest absolute Gasteiger partial charge is 0.319 e. The minimum Gasteiger partial charge on any atom is -0.481 e. The van der Waals surface area contributed by atoms with Crippen LogP contribution < -0.4 is 10.6 Å². The molecule has 112 valence electrons. The number of rotatable bonds is 4. The zero-order chi connectivity index (χ0) is 15.5. The molecule has 0 bridgehead atoms. The van der Waals surface area contributed by atoms with Crippen LogP contribution in [-0.2, 0) is 4.79 Å². The Bertz CT molecular complexity index is 483. The molecule has 0 saturated heterocycles. The van der Waals surface area contributed by atoms with Crippen LogP contribution in [0.1, 0.15) is 38.6 Å². The number of carboxylic acids is 1. The molecular weight excluding hydrogens is 260 g/mol. The van der Waals surface area contributed by atoms with Crippen LogP contribution in [0, 0.1) is 19.3 Å². The molecule has 1 unspecified atom stereocenters. The van der Waals surface area contributed by atoms with Crippen LogP contribution in [0.4, 0.5) is 10.5 Å². The lowest BCUT2D eigenvalue weighted by molar-refractivity contribution is -0.138. The maximum atomic E-state index is 12.0. The van der Waals surface area contributed by atoms with E-state index in [0.717, 1.165) is 5.69 Å². The van der Waals surface area contributed by atoms with E-state index >= 15 is 0 Å². The van der Waals surface area contributed by atoms with Crippen LogP contribution in [-0.4, -0.2) is 33.3 Å². The van der Waals surface area contributed by atoms with E-state index < -0.39 is 18.0 Å². The number of nitrogens with one attached hydrogen (secondary N) is 3. The summed E-state index contributed by atoms with van der Waals surface area (Å²) in [4.78, 5) is 22.9. The number of aryl methyl sites for hydroxylation is 2. The zero-order valence-electron chi connectivity index (χ0n) is 12.5. The molecule has 0 spiro atoms. The summed E-state index contributed by atoms with van der Waals surface area (Å²) in [5, 5.41) is 21.1. The first-order valence-corrected chi connectivity index (χ1v) is 6.42. The first kappa shape index (κ1) is 16.0. The number of amides is 2. The van der Waals surface area contributed by atoms with Crippen molar-refractivity contribution < 1.29 is 14.7 Å². The number of aromatic amines is 1. The minimum atomic E-state index is -0.944. The molecular formula is C13H22N4O3. The van der Waals surface area contributed by atoms with E-state index in [1.54, 1.807) is 13.8 Å². The summed E-state index contributed by atoms with van der Waals surface area (Å²) in [6, 6.07) is -0.897. The topological polar surface area (TPSA) is 107 Å². The van der Waals surface area contributed by atoms with Crippen LogP contribution in [0.2, 0.25) is 0 Å². The average molecular weight is 282 g/mol. The number of anilines is 1. The van der Waals surface area contributed by atoms with Crippen molar-refractivity contribution in [3.63, 3.8) is 0 Å². The lowest BCUT2D eigenvalue weighted by Gasteiger charge is -2.30. The number of carbonyl (C=O) groups excluding carboxylic acids is 1. The summed E-state index contributed by atoms with van der Waals surface area (Å²) in [6.45, 7) is 9.23. The molecule has 0 saturated carbocycles. The monoisotopic (exact) mass is 282 g/mol. The van der Waals surface area contributed by atoms with Gasteiger partial charge in [-0.15, -0.1) is 0 Å². The van der Waals surface area contributed by atoms with Crippen molar-refractivity contribution in [3.8, 4) is 0 Å². The van der Waals surface area contributed by atoms with Crippen LogP contribution in [0.25, 0.3) is 0 Å². The van der Waals surface area contributed by atoms with Crippen molar-refractivity contribution in [1.29, 1.82) is 0 Å². The second-order valence-corrected chi connectivity index (χ2v) is 5.92. The summed E-state index contributed by atoms with van der Waals surface area (Å²) in [5.41, 5.74) is 1.70. The molecule has 2 amide bonds. The molecule has 1 heterocycles. The predicted molar refractivity (Wildman–Crippen MR) is 75.7 cm³/mol. The standard InChI is InChI=1S/C13H22N4O3/c1-7-11(8(2)17-16-7)15-12(20)14-9(6-10(18)19)13(3,4)5/h9H,6H2,1-5H3,(H,16,17)(H,18,19)(H2,14,15,20). The van der Waals surface area contributed by atoms with E-state index in [2.05, 4.69) is 20.8 Å². The van der Waals surface area contributed by atoms with E-state index in [-0.39, 0.29) is 11.8 Å². The number of carbonyl (C=O) groups is 2. The number of hydrogen-bond donors (Lipinski definition) is 4. The quantitative estimate of drug-likeness (QED) is 0.677. The maximum absolute atomic E-state index is 12.0. The number of urea groups is 1. The highest BCUT2D eigenvalue weighted by atomic mass is 16.4. The molecule has 0 fully saturated rings. The van der Waals surface area contributed by atoms with Gasteiger partial charge in [0.2, 0.25) is 0 Å². The van der Waals surface area contributed by atoms with E-state index in [0.29, 0.717) is 11.4 Å². The van der Waals surface area contributed by atoms with Gasteiger partial charge >= 0.3 is 12.0 Å². The third-order valence-corrected chi connectivity index (χ3v) is 3.10. The zero-order valence-corrected chi connectivity index (χ0v) is 12.5. The Hall–Kier alpha value is -2.05. The van der Waals surface area contributed by atoms with Crippen molar-refractivity contribution in [2.24, 2.45) is 5.41 Å². The van der Waals surface area contributed by atoms with Gasteiger partial charge in [0.25, 0.3) is 0 Å². The molecule has 20 heavy (non-hydrogen) atoms. The van der Waals surface area contributed by atoms with Crippen molar-refractivity contribution in [2.75, 3.05) is 5.32 Å². The third kappa shape index (κ3) is 4.25. The van der Waals surface area contributed by atoms with Gasteiger partial charge in [-0.25, -0.2) is 4.79 Å². The molecule has 1 rings (SSSR count). The van der Waals surface area contributed by atoms with Gasteiger partial charge in [-0.05, 0) is 19.3 Å². The van der Waals surface area contributed by atoms with Crippen molar-refractivity contribution in [1.82, 2.24) is 15.5 Å². The predicted octanol–water partition coefficient (Wildman–Crippen LogP) is 2.04. The van der Waals surface area contributed by atoms with E-state index in [4.69, 9.17) is 5.11 Å². The Morgan fingerprint density at radius 3 is 2.35 bits per heavy atom. The van der Waals surface area contributed by atoms with Crippen molar-refractivity contribution >= 4 is 17.7 Å². The van der Waals surface area contributed by atoms with Crippen molar-refractivity contribution in [2.45, 2.75) is 47.1 Å². The number of H-pyrrole nitrogens is 1. The van der Waals surface area contributed by atoms with E-state index in [9.17, 15) is 9.59 Å². The fraction of sp³-hybridized carbons (Fsp3) is 0.615. The van der Waals surface area contributed by atoms with E-state index in [1.165, 1.54) is 0 Å². The Morgan fingerprint density at radius 2 is 1.95 bits per heavy atom. The Labute approximate surface area is 118 Å². The van der Waals surface area contributed by atoms with Gasteiger partial charge in [-0.1, -0.05) is 20.8 Å². The number of carboxylic acid groups (broad SMARTS) is 1. The van der Waals surface area contributed by atoms with Crippen molar-refractivity contribution in [3.05, 3.63) is 11.4 Å². The molecule has 0 aliphatic rings. The van der Waals surface area contributed by atoms with Crippen LogP contribution in [0.15, 0.2) is 0 Å². The summed E-state index contributed by atoms with van der Waals surface area (Å²) < 4.78 is 0. The van der Waals surface area contributed by atoms with Gasteiger partial charge < -0.3 is 15.7 Å². The molecule has 0 radical (unpaired) electrons. The summed E-state index contributed by atoms with van der Waals surface area (Å²) in [5.74, 6) is -0.944. The highest BCUT2D eigenvalue weighted by molar-refractivity contribution is 5.91. The van der Waals surface area contributed by atoms with Crippen LogP contribution in [0.5, 0.6) is 0 Å². The van der Waals surface area contributed by atoms with Gasteiger partial charge in [0.1, 0.15) is 0 Å². The molecule has 7 heteroatoms. The first-order chi connectivity index (χ1) is 9.11. The second-order valence-electron chi connectivity index (χ2n) is 5.92. The number of hydrogen-bond acceptors (Lipinski definition) is 3. The summed E-state index contributed by atoms with van der Waals surface area (Å²) in [7, 11) is 0. The molecule has 1 atom stereocenters. The highest BCUT2D eigenvalue weighted by Crippen LogP contribution is 2.22. The highest BCUT2D eigenvalue weighted by Gasteiger charge is 2.28. The molecule has 0 aromatic carbocycles. The fourth-order valence-electron chi connectivity index (χ4n) is 1.79. The molecule has 4 N–H and O–H groups in total. The molecule has 1 aromatic heterocycles. The van der Waals surface area contributed by atoms with E-state index in [1.807, 2.05) is 20.8 Å². The first-order valence-electron chi connectivity index (χ1n) is 6.42. The lowest BCUT2D eigenvalue weighted by atomic mass is 9.85. The van der Waals surface area contributed by atoms with Gasteiger partial charge in [-0.3, -0.25) is 9.89 Å². The number of nitrogens with zero attached hydrogens (tertiary/aromatic N) is 1. The van der Waals surface area contributed by atoms with Crippen LogP contribution >= 0.6 is 0 Å². The second kappa shape index (κ2) is 5.94. The summed E-state index contributed by atoms with van der Waals surface area (Å²) in [6.07, 6.45) is -0.125. The summed E-state index contributed by atoms with van der Waals surface area (Å²) >= 11 is 0. The van der Waals surface area contributed by atoms with Gasteiger partial charge in [0.15, 0.2) is 0 Å². The SMILES string of the molecule is Cc1n[nH]c(C)c1NC(=O)NC(CC(=O)O)C(C)(C)C. The number of aliphatic carboxylic acids is 1. The van der Waals surface area contributed by atoms with Crippen LogP contribution in [0.3, 0.4) is 0 Å². The molecule has 7 nitrogen and oxygen atoms in total. The lowest BCUT2D eigenvalue weighted by Crippen LogP contribution is -2.46. The Kier molecular flexibility index (Phi) is 4.75. The fourth-order valence-corrected chi connectivity index (χ4v) is 1.79. The third-order valence-electron chi connectivity index (χ3n) is 3.10. The number of aromatic nitrogens is 2. The molecule has 0 aliphatic heterocycles. The Balaban J connectivity index is 2.74. The molecule has 0 aliphatic carbocycles. The van der Waals surface area contributed by atoms with Gasteiger partial charge in [0, 0.05) is 6.04 Å². The average Bonchev–Trinajstić information content (AvgIpc) is 2.58. The normalized spacial score (nSPS) is 12.8. The maximum Gasteiger partial charge on any atom is 0.319 e. The Morgan fingerprint density at radius 1 is 1.35 bits per heavy atom.